The van der Waals surface area contributed by atoms with E-state index in [-0.39, 0.29) is 22.4 Å². The van der Waals surface area contributed by atoms with Crippen molar-refractivity contribution in [2.24, 2.45) is 0 Å². The molecule has 1 unspecified atom stereocenters. The molecule has 0 saturated heterocycles. The Morgan fingerprint density at radius 2 is 1.64 bits per heavy atom. The van der Waals surface area contributed by atoms with Crippen LogP contribution in [-0.4, -0.2) is 39.8 Å². The molecule has 1 atom stereocenters. The van der Waals surface area contributed by atoms with E-state index in [9.17, 15) is 13.8 Å². The lowest BCUT2D eigenvalue weighted by molar-refractivity contribution is 0.0924. The zero-order chi connectivity index (χ0) is 26.2. The summed E-state index contributed by atoms with van der Waals surface area (Å²) in [4.78, 5) is 33.1. The van der Waals surface area contributed by atoms with Crippen molar-refractivity contribution in [1.82, 2.24) is 9.71 Å². The van der Waals surface area contributed by atoms with Gasteiger partial charge in [-0.05, 0) is 70.9 Å². The number of anilines is 1. The van der Waals surface area contributed by atoms with E-state index in [0.29, 0.717) is 46.9 Å². The van der Waals surface area contributed by atoms with E-state index in [1.165, 1.54) is 0 Å². The van der Waals surface area contributed by atoms with Gasteiger partial charge < -0.3 is 9.47 Å². The summed E-state index contributed by atoms with van der Waals surface area (Å²) in [5, 5.41) is 0.616. The van der Waals surface area contributed by atoms with Gasteiger partial charge >= 0.3 is 0 Å². The monoisotopic (exact) mass is 509 g/mol. The summed E-state index contributed by atoms with van der Waals surface area (Å²) in [5.41, 5.74) is 2.55. The summed E-state index contributed by atoms with van der Waals surface area (Å²) >= 11 is 0. The van der Waals surface area contributed by atoms with Crippen LogP contribution in [0.1, 0.15) is 66.5 Å². The molecule has 8 nitrogen and oxygen atoms in total. The van der Waals surface area contributed by atoms with Crippen LogP contribution in [-0.2, 0) is 16.7 Å². The van der Waals surface area contributed by atoms with Gasteiger partial charge in [0, 0.05) is 17.1 Å². The van der Waals surface area contributed by atoms with Crippen LogP contribution >= 0.6 is 0 Å². The zero-order valence-corrected chi connectivity index (χ0v) is 22.2. The third-order valence-electron chi connectivity index (χ3n) is 5.60. The van der Waals surface area contributed by atoms with Crippen LogP contribution in [0.4, 0.5) is 5.69 Å². The number of rotatable bonds is 8. The molecule has 0 aliphatic carbocycles. The first kappa shape index (κ1) is 25.8. The smallest absolute Gasteiger partial charge is 0.270 e. The maximum atomic E-state index is 13.8. The Balaban J connectivity index is 1.79. The fraction of sp³-hybridized carbons (Fsp3) is 0.370. The molecule has 0 bridgehead atoms. The van der Waals surface area contributed by atoms with Gasteiger partial charge in [-0.1, -0.05) is 12.1 Å². The molecular weight excluding hydrogens is 478 g/mol. The van der Waals surface area contributed by atoms with Crippen LogP contribution < -0.4 is 19.1 Å². The van der Waals surface area contributed by atoms with Crippen LogP contribution in [0.3, 0.4) is 0 Å². The molecular formula is C27H31N3O5S. The fourth-order valence-electron chi connectivity index (χ4n) is 4.36. The first-order valence-corrected chi connectivity index (χ1v) is 13.2. The number of hydrogen-bond donors (Lipinski definition) is 1. The number of amides is 2. The standard InChI is InChI=1S/C27H31N3O5S/c1-7-34-23-18-10-9-13-28-22(18)24(35-8-2)21-20(23)25(31)30(26(21)32)19-12-11-17(14-16(19)3)15-36(33)29-27(4,5)6/h9-14,29H,7-8,15H2,1-6H3. The highest BCUT2D eigenvalue weighted by atomic mass is 32.2. The molecule has 2 aromatic carbocycles. The molecule has 3 aromatic rings. The number of nitrogens with zero attached hydrogens (tertiary/aromatic N) is 2. The number of nitrogens with one attached hydrogen (secondary N) is 1. The minimum absolute atomic E-state index is 0.162. The maximum absolute atomic E-state index is 13.8. The van der Waals surface area contributed by atoms with Crippen LogP contribution in [0.15, 0.2) is 36.5 Å². The van der Waals surface area contributed by atoms with Crippen molar-refractivity contribution in [2.75, 3.05) is 18.1 Å². The van der Waals surface area contributed by atoms with Crippen molar-refractivity contribution >= 4 is 39.4 Å². The van der Waals surface area contributed by atoms with Gasteiger partial charge in [0.1, 0.15) is 16.8 Å². The SMILES string of the molecule is CCOc1c2c(c(OCC)c3ncccc13)C(=O)N(c1ccc(CS(=O)NC(C)(C)C)cc1C)C2=O. The third-order valence-corrected chi connectivity index (χ3v) is 7.04. The third kappa shape index (κ3) is 4.73. The average molecular weight is 510 g/mol. The highest BCUT2D eigenvalue weighted by Gasteiger charge is 2.44. The normalized spacial score (nSPS) is 14.3. The number of aromatic nitrogens is 1. The second kappa shape index (κ2) is 9.99. The number of ether oxygens (including phenoxy) is 2. The van der Waals surface area contributed by atoms with Gasteiger partial charge in [0.05, 0.1) is 41.2 Å². The van der Waals surface area contributed by atoms with Gasteiger partial charge in [-0.25, -0.2) is 13.8 Å². The summed E-state index contributed by atoms with van der Waals surface area (Å²) in [6, 6.07) is 8.93. The fourth-order valence-corrected chi connectivity index (χ4v) is 5.60. The van der Waals surface area contributed by atoms with Gasteiger partial charge in [0.15, 0.2) is 5.75 Å². The Bertz CT molecular complexity index is 1320. The Morgan fingerprint density at radius 3 is 2.25 bits per heavy atom. The molecule has 190 valence electrons. The minimum Gasteiger partial charge on any atom is -0.492 e. The molecule has 1 N–H and O–H groups in total. The van der Waals surface area contributed by atoms with E-state index in [1.54, 1.807) is 24.4 Å². The van der Waals surface area contributed by atoms with Gasteiger partial charge in [-0.3, -0.25) is 14.6 Å². The molecule has 2 amide bonds. The van der Waals surface area contributed by atoms with Crippen molar-refractivity contribution in [3.05, 3.63) is 58.8 Å². The molecule has 0 radical (unpaired) electrons. The largest absolute Gasteiger partial charge is 0.492 e. The number of imide groups is 1. The Kier molecular flexibility index (Phi) is 7.15. The highest BCUT2D eigenvalue weighted by molar-refractivity contribution is 7.82. The van der Waals surface area contributed by atoms with Crippen molar-refractivity contribution in [3.8, 4) is 11.5 Å². The lowest BCUT2D eigenvalue weighted by Crippen LogP contribution is -2.37. The maximum Gasteiger partial charge on any atom is 0.270 e. The molecule has 1 aliphatic rings. The molecule has 0 saturated carbocycles. The molecule has 9 heteroatoms. The molecule has 4 rings (SSSR count). The molecule has 1 aliphatic heterocycles. The van der Waals surface area contributed by atoms with E-state index in [0.717, 1.165) is 10.5 Å². The molecule has 1 aromatic heterocycles. The van der Waals surface area contributed by atoms with Gasteiger partial charge in [-0.2, -0.15) is 0 Å². The van der Waals surface area contributed by atoms with Gasteiger partial charge in [0.2, 0.25) is 0 Å². The summed E-state index contributed by atoms with van der Waals surface area (Å²) in [6.07, 6.45) is 1.62. The van der Waals surface area contributed by atoms with E-state index in [1.807, 2.05) is 53.7 Å². The van der Waals surface area contributed by atoms with Crippen LogP contribution in [0.2, 0.25) is 0 Å². The van der Waals surface area contributed by atoms with E-state index in [4.69, 9.17) is 9.47 Å². The number of fused-ring (bicyclic) bond motifs is 2. The Morgan fingerprint density at radius 1 is 1.00 bits per heavy atom. The first-order chi connectivity index (χ1) is 17.1. The van der Waals surface area contributed by atoms with Gasteiger partial charge in [-0.15, -0.1) is 0 Å². The molecule has 2 heterocycles. The second-order valence-corrected chi connectivity index (χ2v) is 10.8. The van der Waals surface area contributed by atoms with E-state index >= 15 is 0 Å². The average Bonchev–Trinajstić information content (AvgIpc) is 3.05. The topological polar surface area (TPSA) is 97.8 Å². The minimum atomic E-state index is -1.27. The number of hydrogen-bond acceptors (Lipinski definition) is 6. The van der Waals surface area contributed by atoms with E-state index in [2.05, 4.69) is 9.71 Å². The summed E-state index contributed by atoms with van der Waals surface area (Å²) in [6.45, 7) is 12.0. The lowest BCUT2D eigenvalue weighted by atomic mass is 10.0. The van der Waals surface area contributed by atoms with Crippen LogP contribution in [0.25, 0.3) is 10.9 Å². The quantitative estimate of drug-likeness (QED) is 0.443. The van der Waals surface area contributed by atoms with Crippen molar-refractivity contribution in [1.29, 1.82) is 0 Å². The van der Waals surface area contributed by atoms with Gasteiger partial charge in [0.25, 0.3) is 11.8 Å². The number of carbonyl (C=O) groups excluding carboxylic acids is 2. The zero-order valence-electron chi connectivity index (χ0n) is 21.4. The molecule has 36 heavy (non-hydrogen) atoms. The van der Waals surface area contributed by atoms with Crippen molar-refractivity contribution in [3.63, 3.8) is 0 Å². The Labute approximate surface area is 213 Å². The first-order valence-electron chi connectivity index (χ1n) is 11.9. The summed E-state index contributed by atoms with van der Waals surface area (Å²) in [7, 11) is -1.27. The van der Waals surface area contributed by atoms with E-state index < -0.39 is 22.8 Å². The predicted octanol–water partition coefficient (Wildman–Crippen LogP) is 4.69. The summed E-state index contributed by atoms with van der Waals surface area (Å²) < 4.78 is 27.3. The lowest BCUT2D eigenvalue weighted by Gasteiger charge is -2.20. The van der Waals surface area contributed by atoms with Crippen molar-refractivity contribution in [2.45, 2.75) is 52.8 Å². The summed E-state index contributed by atoms with van der Waals surface area (Å²) in [5.74, 6) is -0.0384. The highest BCUT2D eigenvalue weighted by Crippen LogP contribution is 2.45. The van der Waals surface area contributed by atoms with Crippen LogP contribution in [0, 0.1) is 6.92 Å². The Hall–Kier alpha value is -3.30. The number of aryl methyl sites for hydroxylation is 1. The number of benzene rings is 2. The van der Waals surface area contributed by atoms with Crippen molar-refractivity contribution < 1.29 is 23.3 Å². The number of pyridine rings is 1. The number of carbonyl (C=O) groups is 2. The predicted molar refractivity (Wildman–Crippen MR) is 141 cm³/mol. The second-order valence-electron chi connectivity index (χ2n) is 9.58. The molecule has 0 fully saturated rings. The molecule has 0 spiro atoms. The van der Waals surface area contributed by atoms with Crippen LogP contribution in [0.5, 0.6) is 11.5 Å².